The van der Waals surface area contributed by atoms with Gasteiger partial charge in [-0.05, 0) is 30.4 Å². The molecule has 0 aliphatic rings. The molecule has 0 saturated heterocycles. The second-order valence-electron chi connectivity index (χ2n) is 4.75. The summed E-state index contributed by atoms with van der Waals surface area (Å²) >= 11 is 6.15. The van der Waals surface area contributed by atoms with Crippen molar-refractivity contribution in [1.29, 1.82) is 0 Å². The quantitative estimate of drug-likeness (QED) is 0.562. The highest BCUT2D eigenvalue weighted by Gasteiger charge is 2.19. The summed E-state index contributed by atoms with van der Waals surface area (Å²) in [5, 5.41) is 0.725. The average molecular weight is 270 g/mol. The van der Waals surface area contributed by atoms with Crippen molar-refractivity contribution in [2.75, 3.05) is 0 Å². The molecule has 0 aromatic carbocycles. The summed E-state index contributed by atoms with van der Waals surface area (Å²) in [6, 6.07) is 2.25. The molecule has 0 saturated carbocycles. The molecule has 0 radical (unpaired) electrons. The Morgan fingerprint density at radius 3 is 2.78 bits per heavy atom. The highest BCUT2D eigenvalue weighted by molar-refractivity contribution is 6.31. The van der Waals surface area contributed by atoms with Crippen LogP contribution < -0.4 is 11.3 Å². The predicted octanol–water partition coefficient (Wildman–Crippen LogP) is 3.33. The fraction of sp³-hybridized carbons (Fsp3) is 0.643. The first-order valence-electron chi connectivity index (χ1n) is 6.77. The lowest BCUT2D eigenvalue weighted by molar-refractivity contribution is 0.318. The minimum atomic E-state index is 0.279. The van der Waals surface area contributed by atoms with E-state index in [1.165, 1.54) is 19.3 Å². The zero-order chi connectivity index (χ0) is 13.4. The molecule has 1 rings (SSSR count). The van der Waals surface area contributed by atoms with Crippen LogP contribution in [-0.4, -0.2) is 11.0 Å². The van der Waals surface area contributed by atoms with Gasteiger partial charge in [0, 0.05) is 18.4 Å². The van der Waals surface area contributed by atoms with Gasteiger partial charge in [0.25, 0.3) is 0 Å². The van der Waals surface area contributed by atoms with Crippen molar-refractivity contribution in [1.82, 2.24) is 10.4 Å². The molecule has 0 fully saturated rings. The SMILES string of the molecule is CCCCC(CC)C(Cc1ccncc1Cl)NN. The molecule has 2 unspecified atom stereocenters. The van der Waals surface area contributed by atoms with E-state index in [1.807, 2.05) is 6.07 Å². The number of hydrogen-bond acceptors (Lipinski definition) is 3. The topological polar surface area (TPSA) is 50.9 Å². The maximum atomic E-state index is 6.15. The van der Waals surface area contributed by atoms with Crippen molar-refractivity contribution < 1.29 is 0 Å². The molecule has 18 heavy (non-hydrogen) atoms. The lowest BCUT2D eigenvalue weighted by Crippen LogP contribution is -2.42. The first-order valence-corrected chi connectivity index (χ1v) is 7.15. The van der Waals surface area contributed by atoms with Crippen LogP contribution in [0.15, 0.2) is 18.5 Å². The summed E-state index contributed by atoms with van der Waals surface area (Å²) in [5.41, 5.74) is 4.07. The molecule has 3 N–H and O–H groups in total. The molecule has 1 aromatic heterocycles. The minimum absolute atomic E-state index is 0.279. The molecular formula is C14H24ClN3. The van der Waals surface area contributed by atoms with Gasteiger partial charge in [0.15, 0.2) is 0 Å². The van der Waals surface area contributed by atoms with E-state index in [0.717, 1.165) is 23.4 Å². The Morgan fingerprint density at radius 2 is 2.22 bits per heavy atom. The summed E-state index contributed by atoms with van der Waals surface area (Å²) in [7, 11) is 0. The summed E-state index contributed by atoms with van der Waals surface area (Å²) in [6.07, 6.45) is 9.16. The third kappa shape index (κ3) is 4.56. The van der Waals surface area contributed by atoms with E-state index in [2.05, 4.69) is 24.3 Å². The smallest absolute Gasteiger partial charge is 0.0621 e. The Morgan fingerprint density at radius 1 is 1.44 bits per heavy atom. The highest BCUT2D eigenvalue weighted by atomic mass is 35.5. The van der Waals surface area contributed by atoms with E-state index in [4.69, 9.17) is 17.4 Å². The highest BCUT2D eigenvalue weighted by Crippen LogP contribution is 2.22. The van der Waals surface area contributed by atoms with Crippen LogP contribution in [0.5, 0.6) is 0 Å². The normalized spacial score (nSPS) is 14.4. The lowest BCUT2D eigenvalue weighted by atomic mass is 9.88. The Hall–Kier alpha value is -0.640. The predicted molar refractivity (Wildman–Crippen MR) is 77.4 cm³/mol. The number of nitrogens with two attached hydrogens (primary N) is 1. The fourth-order valence-electron chi connectivity index (χ4n) is 2.32. The maximum Gasteiger partial charge on any atom is 0.0621 e. The third-order valence-electron chi connectivity index (χ3n) is 3.53. The molecule has 3 nitrogen and oxygen atoms in total. The van der Waals surface area contributed by atoms with Crippen molar-refractivity contribution in [2.24, 2.45) is 11.8 Å². The maximum absolute atomic E-state index is 6.15. The van der Waals surface area contributed by atoms with E-state index >= 15 is 0 Å². The van der Waals surface area contributed by atoms with Gasteiger partial charge in [0.2, 0.25) is 0 Å². The second kappa shape index (κ2) is 8.46. The van der Waals surface area contributed by atoms with Crippen molar-refractivity contribution in [2.45, 2.75) is 52.0 Å². The van der Waals surface area contributed by atoms with Crippen molar-refractivity contribution >= 4 is 11.6 Å². The van der Waals surface area contributed by atoms with Gasteiger partial charge in [-0.2, -0.15) is 0 Å². The number of pyridine rings is 1. The molecule has 0 bridgehead atoms. The molecule has 0 spiro atoms. The van der Waals surface area contributed by atoms with Gasteiger partial charge in [0.1, 0.15) is 0 Å². The number of hydrogen-bond donors (Lipinski definition) is 2. The molecular weight excluding hydrogens is 246 g/mol. The molecule has 1 heterocycles. The van der Waals surface area contributed by atoms with Crippen LogP contribution in [0.2, 0.25) is 5.02 Å². The summed E-state index contributed by atoms with van der Waals surface area (Å²) in [5.74, 6) is 6.31. The van der Waals surface area contributed by atoms with Crippen LogP contribution in [0.3, 0.4) is 0 Å². The molecule has 0 aliphatic carbocycles. The van der Waals surface area contributed by atoms with Gasteiger partial charge in [-0.15, -0.1) is 0 Å². The number of unbranched alkanes of at least 4 members (excludes halogenated alkanes) is 1. The van der Waals surface area contributed by atoms with Crippen LogP contribution in [0.25, 0.3) is 0 Å². The van der Waals surface area contributed by atoms with Crippen LogP contribution in [0, 0.1) is 5.92 Å². The molecule has 0 amide bonds. The van der Waals surface area contributed by atoms with Crippen LogP contribution in [0.4, 0.5) is 0 Å². The Balaban J connectivity index is 2.67. The third-order valence-corrected chi connectivity index (χ3v) is 3.87. The number of rotatable bonds is 8. The Bertz CT molecular complexity index is 344. The van der Waals surface area contributed by atoms with E-state index in [0.29, 0.717) is 5.92 Å². The van der Waals surface area contributed by atoms with Gasteiger partial charge in [-0.1, -0.05) is 44.7 Å². The number of halogens is 1. The van der Waals surface area contributed by atoms with Gasteiger partial charge < -0.3 is 0 Å². The second-order valence-corrected chi connectivity index (χ2v) is 5.16. The minimum Gasteiger partial charge on any atom is -0.271 e. The fourth-order valence-corrected chi connectivity index (χ4v) is 2.52. The Labute approximate surface area is 115 Å². The van der Waals surface area contributed by atoms with E-state index in [-0.39, 0.29) is 6.04 Å². The van der Waals surface area contributed by atoms with Crippen molar-refractivity contribution in [3.8, 4) is 0 Å². The number of nitrogens with zero attached hydrogens (tertiary/aromatic N) is 1. The van der Waals surface area contributed by atoms with E-state index in [1.54, 1.807) is 12.4 Å². The van der Waals surface area contributed by atoms with E-state index in [9.17, 15) is 0 Å². The summed E-state index contributed by atoms with van der Waals surface area (Å²) < 4.78 is 0. The molecule has 2 atom stereocenters. The van der Waals surface area contributed by atoms with Gasteiger partial charge >= 0.3 is 0 Å². The monoisotopic (exact) mass is 269 g/mol. The zero-order valence-electron chi connectivity index (χ0n) is 11.3. The number of hydrazine groups is 1. The van der Waals surface area contributed by atoms with Crippen LogP contribution in [-0.2, 0) is 6.42 Å². The van der Waals surface area contributed by atoms with Crippen molar-refractivity contribution in [3.05, 3.63) is 29.0 Å². The largest absolute Gasteiger partial charge is 0.271 e. The van der Waals surface area contributed by atoms with E-state index < -0.39 is 0 Å². The summed E-state index contributed by atoms with van der Waals surface area (Å²) in [6.45, 7) is 4.44. The summed E-state index contributed by atoms with van der Waals surface area (Å²) in [4.78, 5) is 4.01. The Kier molecular flexibility index (Phi) is 7.25. The first-order chi connectivity index (χ1) is 8.72. The van der Waals surface area contributed by atoms with Crippen molar-refractivity contribution in [3.63, 3.8) is 0 Å². The number of aromatic nitrogens is 1. The zero-order valence-corrected chi connectivity index (χ0v) is 12.1. The van der Waals surface area contributed by atoms with Crippen LogP contribution >= 0.6 is 11.6 Å². The molecule has 1 aromatic rings. The molecule has 4 heteroatoms. The first kappa shape index (κ1) is 15.4. The average Bonchev–Trinajstić information content (AvgIpc) is 2.40. The standard InChI is InChI=1S/C14H24ClN3/c1-3-5-6-11(4-2)14(18-16)9-12-7-8-17-10-13(12)15/h7-8,10-11,14,18H,3-6,9,16H2,1-2H3. The lowest BCUT2D eigenvalue weighted by Gasteiger charge is -2.26. The molecule has 0 aliphatic heterocycles. The molecule has 102 valence electrons. The van der Waals surface area contributed by atoms with Gasteiger partial charge in [0.05, 0.1) is 5.02 Å². The van der Waals surface area contributed by atoms with Gasteiger partial charge in [-0.3, -0.25) is 16.3 Å². The van der Waals surface area contributed by atoms with Gasteiger partial charge in [-0.25, -0.2) is 0 Å². The number of nitrogens with one attached hydrogen (secondary N) is 1. The van der Waals surface area contributed by atoms with Crippen LogP contribution in [0.1, 0.15) is 45.1 Å².